The third kappa shape index (κ3) is 11.0. The molecule has 94 valence electrons. The highest BCUT2D eigenvalue weighted by molar-refractivity contribution is 5.67. The Kier molecular flexibility index (Phi) is 7.64. The van der Waals surface area contributed by atoms with Gasteiger partial charge >= 0.3 is 6.09 Å². The van der Waals surface area contributed by atoms with E-state index < -0.39 is 5.60 Å². The van der Waals surface area contributed by atoms with Crippen molar-refractivity contribution in [2.45, 2.75) is 39.2 Å². The number of ether oxygens (including phenoxy) is 1. The Morgan fingerprint density at radius 3 is 2.56 bits per heavy atom. The molecule has 1 amide bonds. The average Bonchev–Trinajstić information content (AvgIpc) is 2.13. The summed E-state index contributed by atoms with van der Waals surface area (Å²) in [5.41, 5.74) is -0.429. The minimum absolute atomic E-state index is 0.361. The van der Waals surface area contributed by atoms with E-state index in [1.807, 2.05) is 26.8 Å². The van der Waals surface area contributed by atoms with E-state index in [1.54, 1.807) is 0 Å². The Bertz CT molecular complexity index is 210. The Balaban J connectivity index is 3.31. The van der Waals surface area contributed by atoms with Crippen LogP contribution in [0.2, 0.25) is 0 Å². The maximum absolute atomic E-state index is 11.2. The first-order valence-electron chi connectivity index (χ1n) is 5.74. The number of allylic oxidation sites excluding steroid dienone is 1. The molecule has 0 aromatic carbocycles. The van der Waals surface area contributed by atoms with Gasteiger partial charge in [0.25, 0.3) is 0 Å². The van der Waals surface area contributed by atoms with Crippen molar-refractivity contribution in [2.24, 2.45) is 0 Å². The lowest BCUT2D eigenvalue weighted by molar-refractivity contribution is 0.0528. The number of nitrogens with one attached hydrogen (secondary N) is 2. The first-order valence-corrected chi connectivity index (χ1v) is 5.74. The number of unbranched alkanes of at least 4 members (excludes halogenated alkanes) is 1. The van der Waals surface area contributed by atoms with E-state index in [4.69, 9.17) is 4.74 Å². The zero-order valence-corrected chi connectivity index (χ0v) is 10.6. The van der Waals surface area contributed by atoms with E-state index in [-0.39, 0.29) is 6.09 Å². The van der Waals surface area contributed by atoms with Crippen LogP contribution in [-0.4, -0.2) is 31.3 Å². The second-order valence-corrected chi connectivity index (χ2v) is 4.61. The van der Waals surface area contributed by atoms with Crippen LogP contribution in [0.25, 0.3) is 0 Å². The maximum Gasteiger partial charge on any atom is 0.407 e. The average molecular weight is 228 g/mol. The summed E-state index contributed by atoms with van der Waals surface area (Å²) in [5.74, 6) is 0. The van der Waals surface area contributed by atoms with Gasteiger partial charge in [0.2, 0.25) is 0 Å². The van der Waals surface area contributed by atoms with Gasteiger partial charge in [-0.3, -0.25) is 0 Å². The van der Waals surface area contributed by atoms with E-state index in [9.17, 15) is 4.79 Å². The van der Waals surface area contributed by atoms with Crippen molar-refractivity contribution in [3.8, 4) is 0 Å². The fourth-order valence-corrected chi connectivity index (χ4v) is 1.06. The third-order valence-corrected chi connectivity index (χ3v) is 1.73. The molecule has 0 rings (SSSR count). The van der Waals surface area contributed by atoms with Crippen molar-refractivity contribution in [1.82, 2.24) is 10.6 Å². The smallest absolute Gasteiger partial charge is 0.407 e. The molecule has 0 aliphatic carbocycles. The summed E-state index contributed by atoms with van der Waals surface area (Å²) < 4.78 is 5.09. The number of alkyl carbamates (subject to hydrolysis) is 1. The number of amides is 1. The topological polar surface area (TPSA) is 50.4 Å². The minimum Gasteiger partial charge on any atom is -0.444 e. The Morgan fingerprint density at radius 2 is 2.00 bits per heavy atom. The molecule has 4 heteroatoms. The highest BCUT2D eigenvalue weighted by atomic mass is 16.6. The molecule has 0 radical (unpaired) electrons. The molecule has 0 unspecified atom stereocenters. The van der Waals surface area contributed by atoms with Crippen LogP contribution >= 0.6 is 0 Å². The van der Waals surface area contributed by atoms with Crippen LogP contribution in [0.3, 0.4) is 0 Å². The van der Waals surface area contributed by atoms with E-state index in [2.05, 4.69) is 17.2 Å². The maximum atomic E-state index is 11.2. The summed E-state index contributed by atoms with van der Waals surface area (Å²) in [4.78, 5) is 11.2. The first kappa shape index (κ1) is 15.0. The molecule has 16 heavy (non-hydrogen) atoms. The summed E-state index contributed by atoms with van der Waals surface area (Å²) in [6, 6.07) is 0. The van der Waals surface area contributed by atoms with Gasteiger partial charge in [-0.2, -0.15) is 0 Å². The van der Waals surface area contributed by atoms with Gasteiger partial charge in [0.15, 0.2) is 0 Å². The van der Waals surface area contributed by atoms with Crippen LogP contribution in [0, 0.1) is 0 Å². The molecular weight excluding hydrogens is 204 g/mol. The van der Waals surface area contributed by atoms with E-state index in [0.29, 0.717) is 6.54 Å². The predicted molar refractivity (Wildman–Crippen MR) is 66.5 cm³/mol. The molecular formula is C12H24N2O2. The van der Waals surface area contributed by atoms with E-state index >= 15 is 0 Å². The SMILES string of the molecule is C=CCCCNCCNC(=O)OC(C)(C)C. The predicted octanol–water partition coefficient (Wildman–Crippen LogP) is 2.07. The van der Waals surface area contributed by atoms with Crippen molar-refractivity contribution in [3.05, 3.63) is 12.7 Å². The van der Waals surface area contributed by atoms with Crippen molar-refractivity contribution in [1.29, 1.82) is 0 Å². The molecule has 0 fully saturated rings. The first-order chi connectivity index (χ1) is 7.45. The van der Waals surface area contributed by atoms with Crippen LogP contribution < -0.4 is 10.6 Å². The van der Waals surface area contributed by atoms with Crippen LogP contribution in [0.1, 0.15) is 33.6 Å². The molecule has 2 N–H and O–H groups in total. The number of carbonyl (C=O) groups excluding carboxylic acids is 1. The molecule has 0 bridgehead atoms. The molecule has 0 heterocycles. The Labute approximate surface area is 98.4 Å². The molecule has 0 atom stereocenters. The molecule has 0 spiro atoms. The van der Waals surface area contributed by atoms with E-state index in [0.717, 1.165) is 25.9 Å². The van der Waals surface area contributed by atoms with Crippen LogP contribution in [0.5, 0.6) is 0 Å². The monoisotopic (exact) mass is 228 g/mol. The largest absolute Gasteiger partial charge is 0.444 e. The van der Waals surface area contributed by atoms with Gasteiger partial charge in [-0.1, -0.05) is 6.08 Å². The number of hydrogen-bond donors (Lipinski definition) is 2. The highest BCUT2D eigenvalue weighted by Gasteiger charge is 2.15. The number of hydrogen-bond acceptors (Lipinski definition) is 3. The Morgan fingerprint density at radius 1 is 1.31 bits per heavy atom. The molecule has 0 aliphatic rings. The summed E-state index contributed by atoms with van der Waals surface area (Å²) in [6.45, 7) is 11.5. The molecule has 0 saturated heterocycles. The molecule has 0 aromatic rings. The number of carbonyl (C=O) groups is 1. The summed E-state index contributed by atoms with van der Waals surface area (Å²) in [6.07, 6.45) is 3.64. The third-order valence-electron chi connectivity index (χ3n) is 1.73. The summed E-state index contributed by atoms with van der Waals surface area (Å²) in [7, 11) is 0. The van der Waals surface area contributed by atoms with Gasteiger partial charge in [0.1, 0.15) is 5.60 Å². The summed E-state index contributed by atoms with van der Waals surface area (Å²) >= 11 is 0. The normalized spacial score (nSPS) is 10.9. The van der Waals surface area contributed by atoms with Gasteiger partial charge in [-0.15, -0.1) is 6.58 Å². The van der Waals surface area contributed by atoms with Crippen LogP contribution in [0.4, 0.5) is 4.79 Å². The van der Waals surface area contributed by atoms with Crippen LogP contribution in [-0.2, 0) is 4.74 Å². The van der Waals surface area contributed by atoms with Gasteiger partial charge in [-0.05, 0) is 40.2 Å². The number of rotatable bonds is 7. The van der Waals surface area contributed by atoms with Gasteiger partial charge in [0.05, 0.1) is 0 Å². The van der Waals surface area contributed by atoms with Crippen molar-refractivity contribution >= 4 is 6.09 Å². The fraction of sp³-hybridized carbons (Fsp3) is 0.750. The standard InChI is InChI=1S/C12H24N2O2/c1-5-6-7-8-13-9-10-14-11(15)16-12(2,3)4/h5,13H,1,6-10H2,2-4H3,(H,14,15). The van der Waals surface area contributed by atoms with Crippen molar-refractivity contribution in [3.63, 3.8) is 0 Å². The highest BCUT2D eigenvalue weighted by Crippen LogP contribution is 2.05. The molecule has 0 aliphatic heterocycles. The zero-order chi connectivity index (χ0) is 12.4. The molecule has 0 aromatic heterocycles. The lowest BCUT2D eigenvalue weighted by Gasteiger charge is -2.19. The van der Waals surface area contributed by atoms with E-state index in [1.165, 1.54) is 0 Å². The zero-order valence-electron chi connectivity index (χ0n) is 10.6. The second kappa shape index (κ2) is 8.16. The molecule has 0 saturated carbocycles. The van der Waals surface area contributed by atoms with Gasteiger partial charge in [-0.25, -0.2) is 4.79 Å². The lowest BCUT2D eigenvalue weighted by atomic mass is 10.2. The van der Waals surface area contributed by atoms with Crippen molar-refractivity contribution in [2.75, 3.05) is 19.6 Å². The van der Waals surface area contributed by atoms with Gasteiger partial charge < -0.3 is 15.4 Å². The quantitative estimate of drug-likeness (QED) is 0.518. The minimum atomic E-state index is -0.429. The lowest BCUT2D eigenvalue weighted by Crippen LogP contribution is -2.36. The Hall–Kier alpha value is -1.03. The molecule has 4 nitrogen and oxygen atoms in total. The van der Waals surface area contributed by atoms with Crippen molar-refractivity contribution < 1.29 is 9.53 Å². The fourth-order valence-electron chi connectivity index (χ4n) is 1.06. The second-order valence-electron chi connectivity index (χ2n) is 4.61. The van der Waals surface area contributed by atoms with Gasteiger partial charge in [0, 0.05) is 13.1 Å². The summed E-state index contributed by atoms with van der Waals surface area (Å²) in [5, 5.41) is 5.91. The van der Waals surface area contributed by atoms with Crippen LogP contribution in [0.15, 0.2) is 12.7 Å².